The Balaban J connectivity index is 1.80. The van der Waals surface area contributed by atoms with Crippen molar-refractivity contribution in [1.82, 2.24) is 0 Å². The third kappa shape index (κ3) is 1.52. The van der Waals surface area contributed by atoms with Gasteiger partial charge in [-0.05, 0) is 32.3 Å². The lowest BCUT2D eigenvalue weighted by atomic mass is 9.59. The molecule has 0 radical (unpaired) electrons. The Morgan fingerprint density at radius 1 is 1.32 bits per heavy atom. The lowest BCUT2D eigenvalue weighted by molar-refractivity contribution is -0.210. The molecule has 0 aromatic heterocycles. The first-order chi connectivity index (χ1) is 9.16. The molecule has 1 aromatic rings. The summed E-state index contributed by atoms with van der Waals surface area (Å²) in [7, 11) is 0. The second-order valence-electron chi connectivity index (χ2n) is 6.65. The first-order valence-corrected chi connectivity index (χ1v) is 7.16. The highest BCUT2D eigenvalue weighted by atomic mass is 16.5. The SMILES string of the molecule is C[C@]12CC[C@]3(CO)CO[C@H](c4ccccc4O1)[C@H]2C3. The predicted octanol–water partition coefficient (Wildman–Crippen LogP) is 2.69. The van der Waals surface area contributed by atoms with Gasteiger partial charge in [0.25, 0.3) is 0 Å². The lowest BCUT2D eigenvalue weighted by Gasteiger charge is -2.57. The number of hydrogen-bond donors (Lipinski definition) is 1. The summed E-state index contributed by atoms with van der Waals surface area (Å²) in [5.74, 6) is 1.33. The summed E-state index contributed by atoms with van der Waals surface area (Å²) in [6, 6.07) is 8.22. The lowest BCUT2D eigenvalue weighted by Crippen LogP contribution is -2.58. The van der Waals surface area contributed by atoms with Crippen LogP contribution in [-0.2, 0) is 4.74 Å². The van der Waals surface area contributed by atoms with Crippen molar-refractivity contribution in [3.63, 3.8) is 0 Å². The normalized spacial score (nSPS) is 43.3. The highest BCUT2D eigenvalue weighted by molar-refractivity contribution is 5.39. The molecule has 1 aliphatic carbocycles. The van der Waals surface area contributed by atoms with E-state index >= 15 is 0 Å². The summed E-state index contributed by atoms with van der Waals surface area (Å²) in [6.07, 6.45) is 3.14. The minimum atomic E-state index is -0.141. The first-order valence-electron chi connectivity index (χ1n) is 7.16. The Labute approximate surface area is 113 Å². The minimum absolute atomic E-state index is 0.0314. The molecule has 3 nitrogen and oxygen atoms in total. The smallest absolute Gasteiger partial charge is 0.125 e. The van der Waals surface area contributed by atoms with E-state index in [-0.39, 0.29) is 23.7 Å². The van der Waals surface area contributed by atoms with Crippen LogP contribution in [0.5, 0.6) is 5.75 Å². The maximum atomic E-state index is 9.71. The zero-order chi connectivity index (χ0) is 13.1. The average Bonchev–Trinajstić information content (AvgIpc) is 2.45. The molecule has 0 amide bonds. The van der Waals surface area contributed by atoms with Gasteiger partial charge in [-0.15, -0.1) is 0 Å². The van der Waals surface area contributed by atoms with Crippen molar-refractivity contribution in [3.8, 4) is 5.75 Å². The number of para-hydroxylation sites is 1. The number of ether oxygens (including phenoxy) is 2. The molecule has 2 bridgehead atoms. The van der Waals surface area contributed by atoms with Gasteiger partial charge < -0.3 is 14.6 Å². The Hall–Kier alpha value is -1.06. The van der Waals surface area contributed by atoms with E-state index in [1.165, 1.54) is 5.56 Å². The topological polar surface area (TPSA) is 38.7 Å². The van der Waals surface area contributed by atoms with Crippen LogP contribution in [0.4, 0.5) is 0 Å². The predicted molar refractivity (Wildman–Crippen MR) is 71.0 cm³/mol. The third-order valence-electron chi connectivity index (χ3n) is 5.43. The van der Waals surface area contributed by atoms with Gasteiger partial charge in [-0.3, -0.25) is 0 Å². The number of fused-ring (bicyclic) bond motifs is 3. The molecule has 4 atom stereocenters. The van der Waals surface area contributed by atoms with Crippen LogP contribution in [-0.4, -0.2) is 23.9 Å². The summed E-state index contributed by atoms with van der Waals surface area (Å²) >= 11 is 0. The molecule has 2 fully saturated rings. The Kier molecular flexibility index (Phi) is 2.31. The van der Waals surface area contributed by atoms with Gasteiger partial charge in [0.15, 0.2) is 0 Å². The molecule has 1 N–H and O–H groups in total. The van der Waals surface area contributed by atoms with Gasteiger partial charge in [0, 0.05) is 16.9 Å². The quantitative estimate of drug-likeness (QED) is 0.843. The first kappa shape index (κ1) is 11.7. The minimum Gasteiger partial charge on any atom is -0.487 e. The largest absolute Gasteiger partial charge is 0.487 e. The summed E-state index contributed by atoms with van der Waals surface area (Å²) < 4.78 is 12.5. The number of benzene rings is 1. The van der Waals surface area contributed by atoms with Gasteiger partial charge in [-0.25, -0.2) is 0 Å². The fraction of sp³-hybridized carbons (Fsp3) is 0.625. The van der Waals surface area contributed by atoms with Gasteiger partial charge in [0.1, 0.15) is 11.4 Å². The monoisotopic (exact) mass is 260 g/mol. The summed E-state index contributed by atoms with van der Waals surface area (Å²) in [5.41, 5.74) is 1.01. The maximum absolute atomic E-state index is 9.71. The molecule has 1 saturated heterocycles. The van der Waals surface area contributed by atoms with Crippen LogP contribution >= 0.6 is 0 Å². The van der Waals surface area contributed by atoms with Crippen LogP contribution in [0.3, 0.4) is 0 Å². The second kappa shape index (κ2) is 3.74. The molecule has 19 heavy (non-hydrogen) atoms. The van der Waals surface area contributed by atoms with E-state index in [1.807, 2.05) is 18.2 Å². The fourth-order valence-electron chi connectivity index (χ4n) is 4.11. The van der Waals surface area contributed by atoms with E-state index in [4.69, 9.17) is 9.47 Å². The molecule has 0 spiro atoms. The van der Waals surface area contributed by atoms with Crippen LogP contribution in [0.1, 0.15) is 37.9 Å². The molecule has 3 aliphatic rings. The summed E-state index contributed by atoms with van der Waals surface area (Å²) in [4.78, 5) is 0. The number of aliphatic hydroxyl groups excluding tert-OH is 1. The van der Waals surface area contributed by atoms with Crippen molar-refractivity contribution < 1.29 is 14.6 Å². The second-order valence-corrected chi connectivity index (χ2v) is 6.65. The highest BCUT2D eigenvalue weighted by Gasteiger charge is 2.57. The van der Waals surface area contributed by atoms with Crippen molar-refractivity contribution >= 4 is 0 Å². The molecule has 4 rings (SSSR count). The molecular weight excluding hydrogens is 240 g/mol. The molecule has 1 aromatic carbocycles. The molecule has 0 unspecified atom stereocenters. The van der Waals surface area contributed by atoms with Gasteiger partial charge in [0.2, 0.25) is 0 Å². The Morgan fingerprint density at radius 2 is 2.16 bits per heavy atom. The van der Waals surface area contributed by atoms with Crippen LogP contribution < -0.4 is 4.74 Å². The number of hydrogen-bond acceptors (Lipinski definition) is 3. The van der Waals surface area contributed by atoms with Crippen LogP contribution in [0, 0.1) is 11.3 Å². The highest BCUT2D eigenvalue weighted by Crippen LogP contribution is 2.58. The van der Waals surface area contributed by atoms with Crippen molar-refractivity contribution in [2.24, 2.45) is 11.3 Å². The fourth-order valence-corrected chi connectivity index (χ4v) is 4.11. The van der Waals surface area contributed by atoms with E-state index in [9.17, 15) is 5.11 Å². The zero-order valence-electron chi connectivity index (χ0n) is 11.3. The molecule has 3 heteroatoms. The van der Waals surface area contributed by atoms with E-state index in [1.54, 1.807) is 0 Å². The van der Waals surface area contributed by atoms with E-state index in [0.29, 0.717) is 12.5 Å². The third-order valence-corrected chi connectivity index (χ3v) is 5.43. The van der Waals surface area contributed by atoms with Crippen LogP contribution in [0.25, 0.3) is 0 Å². The Morgan fingerprint density at radius 3 is 3.00 bits per heavy atom. The van der Waals surface area contributed by atoms with Crippen LogP contribution in [0.2, 0.25) is 0 Å². The van der Waals surface area contributed by atoms with Gasteiger partial charge in [-0.1, -0.05) is 18.2 Å². The number of aliphatic hydroxyl groups is 1. The zero-order valence-corrected chi connectivity index (χ0v) is 11.3. The van der Waals surface area contributed by atoms with Gasteiger partial charge >= 0.3 is 0 Å². The number of rotatable bonds is 1. The van der Waals surface area contributed by atoms with Crippen molar-refractivity contribution in [1.29, 1.82) is 0 Å². The molecule has 2 aliphatic heterocycles. The molecule has 102 valence electrons. The van der Waals surface area contributed by atoms with Gasteiger partial charge in [-0.2, -0.15) is 0 Å². The molecule has 1 saturated carbocycles. The Bertz CT molecular complexity index is 514. The van der Waals surface area contributed by atoms with E-state index in [0.717, 1.165) is 25.0 Å². The summed E-state index contributed by atoms with van der Waals surface area (Å²) in [6.45, 7) is 3.11. The average molecular weight is 260 g/mol. The molecule has 2 heterocycles. The van der Waals surface area contributed by atoms with E-state index < -0.39 is 0 Å². The maximum Gasteiger partial charge on any atom is 0.125 e. The van der Waals surface area contributed by atoms with Crippen molar-refractivity contribution in [3.05, 3.63) is 29.8 Å². The van der Waals surface area contributed by atoms with Crippen molar-refractivity contribution in [2.45, 2.75) is 37.9 Å². The standard InChI is InChI=1S/C16H20O3/c1-15-6-7-16(9-17)8-12(15)14(18-10-16)11-4-2-3-5-13(11)19-15/h2-5,12,14,17H,6-10H2,1H3/t12-,14-,15-,16+/m1/s1. The van der Waals surface area contributed by atoms with Crippen molar-refractivity contribution in [2.75, 3.05) is 13.2 Å². The van der Waals surface area contributed by atoms with Gasteiger partial charge in [0.05, 0.1) is 19.3 Å². The van der Waals surface area contributed by atoms with E-state index in [2.05, 4.69) is 13.0 Å². The summed E-state index contributed by atoms with van der Waals surface area (Å²) in [5, 5.41) is 9.71. The van der Waals surface area contributed by atoms with Crippen LogP contribution in [0.15, 0.2) is 24.3 Å². The molecular formula is C16H20O3.